The molecule has 0 aromatic rings. The van der Waals surface area contributed by atoms with Crippen LogP contribution in [0.4, 0.5) is 0 Å². The zero-order valence-electron chi connectivity index (χ0n) is 7.23. The highest BCUT2D eigenvalue weighted by molar-refractivity contribution is 8.00. The summed E-state index contributed by atoms with van der Waals surface area (Å²) in [5.74, 6) is 1.15. The first kappa shape index (κ1) is 8.41. The average Bonchev–Trinajstić information content (AvgIpc) is 2.13. The normalized spacial score (nSPS) is 34.8. The summed E-state index contributed by atoms with van der Waals surface area (Å²) in [6, 6.07) is 0. The standard InChI is InChI=1S/C8H16OS/c1-7(2,3)8(4)9-5-6-10-8/h5-6H2,1-4H3/t8-/m0/s1. The van der Waals surface area contributed by atoms with Crippen LogP contribution in [-0.4, -0.2) is 17.3 Å². The van der Waals surface area contributed by atoms with Crippen molar-refractivity contribution in [2.75, 3.05) is 12.4 Å². The molecule has 1 nitrogen and oxygen atoms in total. The van der Waals surface area contributed by atoms with Crippen LogP contribution >= 0.6 is 11.8 Å². The van der Waals surface area contributed by atoms with Gasteiger partial charge in [0.1, 0.15) is 4.93 Å². The van der Waals surface area contributed by atoms with Crippen molar-refractivity contribution in [3.63, 3.8) is 0 Å². The van der Waals surface area contributed by atoms with Crippen LogP contribution in [0.3, 0.4) is 0 Å². The topological polar surface area (TPSA) is 9.23 Å². The van der Waals surface area contributed by atoms with E-state index in [9.17, 15) is 0 Å². The summed E-state index contributed by atoms with van der Waals surface area (Å²) in [4.78, 5) is 0.0486. The first-order chi connectivity index (χ1) is 4.46. The lowest BCUT2D eigenvalue weighted by atomic mass is 9.89. The van der Waals surface area contributed by atoms with Gasteiger partial charge in [0.2, 0.25) is 0 Å². The zero-order valence-corrected chi connectivity index (χ0v) is 8.05. The predicted octanol–water partition coefficient (Wildman–Crippen LogP) is 2.51. The van der Waals surface area contributed by atoms with Gasteiger partial charge in [0, 0.05) is 11.2 Å². The van der Waals surface area contributed by atoms with Gasteiger partial charge in [-0.1, -0.05) is 20.8 Å². The average molecular weight is 160 g/mol. The van der Waals surface area contributed by atoms with Gasteiger partial charge in [-0.3, -0.25) is 0 Å². The molecule has 0 saturated carbocycles. The summed E-state index contributed by atoms with van der Waals surface area (Å²) < 4.78 is 5.67. The van der Waals surface area contributed by atoms with Crippen molar-refractivity contribution in [1.29, 1.82) is 0 Å². The second-order valence-corrected chi connectivity index (χ2v) is 5.37. The largest absolute Gasteiger partial charge is 0.363 e. The molecule has 1 aliphatic rings. The molecule has 0 radical (unpaired) electrons. The van der Waals surface area contributed by atoms with Crippen molar-refractivity contribution < 1.29 is 4.74 Å². The lowest BCUT2D eigenvalue weighted by Gasteiger charge is -2.36. The molecule has 0 aromatic heterocycles. The van der Waals surface area contributed by atoms with E-state index in [4.69, 9.17) is 4.74 Å². The highest BCUT2D eigenvalue weighted by Gasteiger charge is 2.41. The van der Waals surface area contributed by atoms with E-state index in [2.05, 4.69) is 27.7 Å². The van der Waals surface area contributed by atoms with Crippen molar-refractivity contribution in [2.45, 2.75) is 32.6 Å². The van der Waals surface area contributed by atoms with E-state index in [1.54, 1.807) is 0 Å². The number of ether oxygens (including phenoxy) is 1. The molecule has 10 heavy (non-hydrogen) atoms. The Morgan fingerprint density at radius 1 is 1.40 bits per heavy atom. The van der Waals surface area contributed by atoms with Crippen LogP contribution in [0.2, 0.25) is 0 Å². The van der Waals surface area contributed by atoms with Crippen molar-refractivity contribution in [3.8, 4) is 0 Å². The molecule has 1 saturated heterocycles. The quantitative estimate of drug-likeness (QED) is 0.538. The maximum Gasteiger partial charge on any atom is 0.115 e. The molecule has 1 rings (SSSR count). The Morgan fingerprint density at radius 2 is 2.00 bits per heavy atom. The number of hydrogen-bond donors (Lipinski definition) is 0. The molecule has 60 valence electrons. The van der Waals surface area contributed by atoms with Gasteiger partial charge in [0.05, 0.1) is 6.61 Å². The van der Waals surface area contributed by atoms with Gasteiger partial charge in [0.25, 0.3) is 0 Å². The van der Waals surface area contributed by atoms with E-state index in [1.165, 1.54) is 0 Å². The van der Waals surface area contributed by atoms with Crippen molar-refractivity contribution in [2.24, 2.45) is 5.41 Å². The second kappa shape index (κ2) is 2.42. The van der Waals surface area contributed by atoms with Crippen molar-refractivity contribution in [1.82, 2.24) is 0 Å². The molecule has 0 unspecified atom stereocenters. The Kier molecular flexibility index (Phi) is 2.03. The summed E-state index contributed by atoms with van der Waals surface area (Å²) in [6.07, 6.45) is 0. The van der Waals surface area contributed by atoms with E-state index in [0.717, 1.165) is 12.4 Å². The molecule has 1 fully saturated rings. The third-order valence-corrected chi connectivity index (χ3v) is 3.85. The van der Waals surface area contributed by atoms with Crippen LogP contribution in [0.25, 0.3) is 0 Å². The van der Waals surface area contributed by atoms with Crippen LogP contribution in [0, 0.1) is 5.41 Å². The van der Waals surface area contributed by atoms with Crippen LogP contribution in [0.1, 0.15) is 27.7 Å². The highest BCUT2D eigenvalue weighted by atomic mass is 32.2. The molecule has 0 aromatic carbocycles. The molecular weight excluding hydrogens is 144 g/mol. The minimum absolute atomic E-state index is 0.0486. The first-order valence-corrected chi connectivity index (χ1v) is 4.72. The van der Waals surface area contributed by atoms with Gasteiger partial charge in [-0.05, 0) is 6.92 Å². The highest BCUT2D eigenvalue weighted by Crippen LogP contribution is 2.45. The third kappa shape index (κ3) is 1.32. The third-order valence-electron chi connectivity index (χ3n) is 2.20. The maximum atomic E-state index is 5.67. The number of hydrogen-bond acceptors (Lipinski definition) is 2. The van der Waals surface area contributed by atoms with Crippen LogP contribution in [-0.2, 0) is 4.74 Å². The number of rotatable bonds is 0. The molecule has 0 amide bonds. The number of thioether (sulfide) groups is 1. The van der Waals surface area contributed by atoms with E-state index in [-0.39, 0.29) is 10.3 Å². The van der Waals surface area contributed by atoms with Gasteiger partial charge >= 0.3 is 0 Å². The van der Waals surface area contributed by atoms with Crippen LogP contribution in [0.5, 0.6) is 0 Å². The Morgan fingerprint density at radius 3 is 2.20 bits per heavy atom. The molecular formula is C8H16OS. The van der Waals surface area contributed by atoms with Gasteiger partial charge < -0.3 is 4.74 Å². The molecule has 0 aliphatic carbocycles. The molecule has 0 N–H and O–H groups in total. The lowest BCUT2D eigenvalue weighted by molar-refractivity contribution is -0.0125. The Labute approximate surface area is 67.5 Å². The molecule has 0 bridgehead atoms. The molecule has 0 spiro atoms. The monoisotopic (exact) mass is 160 g/mol. The summed E-state index contributed by atoms with van der Waals surface area (Å²) >= 11 is 1.93. The molecule has 1 heterocycles. The summed E-state index contributed by atoms with van der Waals surface area (Å²) in [6.45, 7) is 9.78. The molecule has 1 atom stereocenters. The Hall–Kier alpha value is 0.310. The summed E-state index contributed by atoms with van der Waals surface area (Å²) in [5, 5.41) is 0. The summed E-state index contributed by atoms with van der Waals surface area (Å²) in [5.41, 5.74) is 0.258. The maximum absolute atomic E-state index is 5.67. The van der Waals surface area contributed by atoms with Gasteiger partial charge in [0.15, 0.2) is 0 Å². The van der Waals surface area contributed by atoms with Gasteiger partial charge in [-0.2, -0.15) is 0 Å². The fraction of sp³-hybridized carbons (Fsp3) is 1.00. The smallest absolute Gasteiger partial charge is 0.115 e. The van der Waals surface area contributed by atoms with Gasteiger partial charge in [-0.15, -0.1) is 11.8 Å². The van der Waals surface area contributed by atoms with E-state index >= 15 is 0 Å². The summed E-state index contributed by atoms with van der Waals surface area (Å²) in [7, 11) is 0. The minimum Gasteiger partial charge on any atom is -0.363 e. The molecule has 2 heteroatoms. The van der Waals surface area contributed by atoms with E-state index in [1.807, 2.05) is 11.8 Å². The van der Waals surface area contributed by atoms with E-state index < -0.39 is 0 Å². The first-order valence-electron chi connectivity index (χ1n) is 3.74. The minimum atomic E-state index is 0.0486. The zero-order chi connectivity index (χ0) is 7.83. The second-order valence-electron chi connectivity index (χ2n) is 3.89. The predicted molar refractivity (Wildman–Crippen MR) is 46.3 cm³/mol. The van der Waals surface area contributed by atoms with E-state index in [0.29, 0.717) is 0 Å². The Bertz CT molecular complexity index is 120. The van der Waals surface area contributed by atoms with Crippen molar-refractivity contribution in [3.05, 3.63) is 0 Å². The fourth-order valence-corrected chi connectivity index (χ4v) is 2.10. The Balaban J connectivity index is 2.67. The van der Waals surface area contributed by atoms with Crippen LogP contribution < -0.4 is 0 Å². The fourth-order valence-electron chi connectivity index (χ4n) is 0.948. The van der Waals surface area contributed by atoms with Crippen LogP contribution in [0.15, 0.2) is 0 Å². The van der Waals surface area contributed by atoms with Crippen molar-refractivity contribution >= 4 is 11.8 Å². The lowest BCUT2D eigenvalue weighted by Crippen LogP contribution is -2.35. The van der Waals surface area contributed by atoms with Gasteiger partial charge in [-0.25, -0.2) is 0 Å². The molecule has 1 aliphatic heterocycles. The SMILES string of the molecule is CC(C)(C)[C@@]1(C)OCCS1.